The first-order chi connectivity index (χ1) is 10.1. The smallest absolute Gasteiger partial charge is 0.326 e. The molecule has 3 heterocycles. The van der Waals surface area contributed by atoms with Crippen LogP contribution in [0, 0.1) is 0 Å². The standard InChI is InChI=1S/C13H11ClN4O3/c14-7-1-2-15-9(3-7)12(19)18-5-10-8(16-6-17-10)4-11(18)13(20)21/h1-3,6,11H,4-5H2,(H,16,17)(H,20,21). The van der Waals surface area contributed by atoms with Crippen LogP contribution in [0.15, 0.2) is 24.7 Å². The van der Waals surface area contributed by atoms with Crippen molar-refractivity contribution in [3.05, 3.63) is 46.8 Å². The van der Waals surface area contributed by atoms with Crippen molar-refractivity contribution in [3.8, 4) is 0 Å². The molecule has 2 aromatic rings. The Bertz CT molecular complexity index is 715. The van der Waals surface area contributed by atoms with E-state index in [2.05, 4.69) is 15.0 Å². The lowest BCUT2D eigenvalue weighted by Crippen LogP contribution is -2.48. The van der Waals surface area contributed by atoms with Crippen molar-refractivity contribution in [2.24, 2.45) is 0 Å². The van der Waals surface area contributed by atoms with Crippen LogP contribution in [0.5, 0.6) is 0 Å². The van der Waals surface area contributed by atoms with Crippen LogP contribution in [-0.4, -0.2) is 42.9 Å². The van der Waals surface area contributed by atoms with Gasteiger partial charge in [-0.05, 0) is 12.1 Å². The number of amides is 1. The zero-order valence-corrected chi connectivity index (χ0v) is 11.5. The van der Waals surface area contributed by atoms with E-state index >= 15 is 0 Å². The Kier molecular flexibility index (Phi) is 3.34. The third-order valence-electron chi connectivity index (χ3n) is 3.39. The first-order valence-corrected chi connectivity index (χ1v) is 6.60. The molecule has 2 aromatic heterocycles. The molecular weight excluding hydrogens is 296 g/mol. The Balaban J connectivity index is 1.95. The predicted octanol–water partition coefficient (Wildman–Crippen LogP) is 1.11. The van der Waals surface area contributed by atoms with Crippen LogP contribution in [0.4, 0.5) is 0 Å². The van der Waals surface area contributed by atoms with Gasteiger partial charge in [0.05, 0.1) is 24.3 Å². The van der Waals surface area contributed by atoms with Gasteiger partial charge in [0, 0.05) is 17.6 Å². The minimum absolute atomic E-state index is 0.122. The average molecular weight is 307 g/mol. The maximum Gasteiger partial charge on any atom is 0.326 e. The van der Waals surface area contributed by atoms with Crippen molar-refractivity contribution in [2.45, 2.75) is 19.0 Å². The van der Waals surface area contributed by atoms with Gasteiger partial charge in [0.2, 0.25) is 0 Å². The summed E-state index contributed by atoms with van der Waals surface area (Å²) in [6.07, 6.45) is 3.08. The van der Waals surface area contributed by atoms with Gasteiger partial charge in [0.25, 0.3) is 5.91 Å². The SMILES string of the molecule is O=C(O)C1Cc2nc[nH]c2CN1C(=O)c1cc(Cl)ccn1. The second-order valence-corrected chi connectivity index (χ2v) is 5.11. The number of carboxylic acids is 1. The second-order valence-electron chi connectivity index (χ2n) is 4.68. The van der Waals surface area contributed by atoms with E-state index in [9.17, 15) is 14.7 Å². The molecule has 1 atom stereocenters. The Morgan fingerprint density at radius 3 is 2.95 bits per heavy atom. The number of carbonyl (C=O) groups excluding carboxylic acids is 1. The number of aliphatic carboxylic acids is 1. The summed E-state index contributed by atoms with van der Waals surface area (Å²) in [5.74, 6) is -1.54. The van der Waals surface area contributed by atoms with E-state index in [0.717, 1.165) is 5.69 Å². The summed E-state index contributed by atoms with van der Waals surface area (Å²) in [6, 6.07) is 2.01. The largest absolute Gasteiger partial charge is 0.480 e. The highest BCUT2D eigenvalue weighted by Crippen LogP contribution is 2.23. The number of pyridine rings is 1. The van der Waals surface area contributed by atoms with Gasteiger partial charge in [-0.1, -0.05) is 11.6 Å². The number of rotatable bonds is 2. The third-order valence-corrected chi connectivity index (χ3v) is 3.62. The van der Waals surface area contributed by atoms with Crippen LogP contribution in [0.3, 0.4) is 0 Å². The molecule has 1 aliphatic heterocycles. The Morgan fingerprint density at radius 2 is 2.24 bits per heavy atom. The lowest BCUT2D eigenvalue weighted by Gasteiger charge is -2.32. The number of fused-ring (bicyclic) bond motifs is 1. The molecule has 1 amide bonds. The maximum absolute atomic E-state index is 12.5. The number of imidazole rings is 1. The van der Waals surface area contributed by atoms with Gasteiger partial charge >= 0.3 is 5.97 Å². The number of halogens is 1. The first kappa shape index (κ1) is 13.6. The average Bonchev–Trinajstić information content (AvgIpc) is 2.92. The number of nitrogens with one attached hydrogen (secondary N) is 1. The number of carbonyl (C=O) groups is 2. The van der Waals surface area contributed by atoms with Crippen LogP contribution in [-0.2, 0) is 17.8 Å². The number of H-pyrrole nitrogens is 1. The first-order valence-electron chi connectivity index (χ1n) is 6.22. The van der Waals surface area contributed by atoms with E-state index in [1.54, 1.807) is 6.07 Å². The van der Waals surface area contributed by atoms with Crippen LogP contribution in [0.25, 0.3) is 0 Å². The molecule has 3 rings (SSSR count). The Morgan fingerprint density at radius 1 is 1.43 bits per heavy atom. The summed E-state index contributed by atoms with van der Waals surface area (Å²) in [5, 5.41) is 9.72. The van der Waals surface area contributed by atoms with Crippen LogP contribution in [0.1, 0.15) is 21.9 Å². The zero-order chi connectivity index (χ0) is 15.0. The molecule has 0 saturated carbocycles. The van der Waals surface area contributed by atoms with E-state index in [-0.39, 0.29) is 18.7 Å². The molecule has 0 aromatic carbocycles. The predicted molar refractivity (Wildman–Crippen MR) is 72.8 cm³/mol. The Labute approximate surface area is 124 Å². The van der Waals surface area contributed by atoms with E-state index in [1.807, 2.05) is 0 Å². The van der Waals surface area contributed by atoms with Gasteiger partial charge in [-0.25, -0.2) is 9.78 Å². The van der Waals surface area contributed by atoms with Crippen LogP contribution < -0.4 is 0 Å². The number of hydrogen-bond acceptors (Lipinski definition) is 4. The van der Waals surface area contributed by atoms with Crippen LogP contribution in [0.2, 0.25) is 5.02 Å². The summed E-state index contributed by atoms with van der Waals surface area (Å²) >= 11 is 5.85. The fourth-order valence-electron chi connectivity index (χ4n) is 2.34. The molecule has 0 radical (unpaired) electrons. The summed E-state index contributed by atoms with van der Waals surface area (Å²) in [7, 11) is 0. The summed E-state index contributed by atoms with van der Waals surface area (Å²) < 4.78 is 0. The van der Waals surface area contributed by atoms with Crippen LogP contribution >= 0.6 is 11.6 Å². The molecule has 1 aliphatic rings. The number of nitrogens with zero attached hydrogens (tertiary/aromatic N) is 3. The van der Waals surface area contributed by atoms with Gasteiger partial charge < -0.3 is 15.0 Å². The fraction of sp³-hybridized carbons (Fsp3) is 0.231. The molecule has 21 heavy (non-hydrogen) atoms. The third kappa shape index (κ3) is 2.47. The lowest BCUT2D eigenvalue weighted by molar-refractivity contribution is -0.142. The van der Waals surface area contributed by atoms with Crippen molar-refractivity contribution in [2.75, 3.05) is 0 Å². The number of hydrogen-bond donors (Lipinski definition) is 2. The van der Waals surface area contributed by atoms with E-state index < -0.39 is 17.9 Å². The summed E-state index contributed by atoms with van der Waals surface area (Å²) in [6.45, 7) is 0.152. The zero-order valence-electron chi connectivity index (χ0n) is 10.8. The number of aromatic amines is 1. The highest BCUT2D eigenvalue weighted by Gasteiger charge is 2.36. The van der Waals surface area contributed by atoms with Gasteiger partial charge in [-0.3, -0.25) is 9.78 Å². The molecule has 1 unspecified atom stereocenters. The molecule has 8 heteroatoms. The molecule has 0 bridgehead atoms. The second kappa shape index (κ2) is 5.17. The molecule has 0 saturated heterocycles. The quantitative estimate of drug-likeness (QED) is 0.866. The number of carboxylic acid groups (broad SMARTS) is 1. The van der Waals surface area contributed by atoms with E-state index in [4.69, 9.17) is 11.6 Å². The van der Waals surface area contributed by atoms with Gasteiger partial charge in [-0.15, -0.1) is 0 Å². The fourth-order valence-corrected chi connectivity index (χ4v) is 2.50. The van der Waals surface area contributed by atoms with Gasteiger partial charge in [0.15, 0.2) is 0 Å². The molecule has 7 nitrogen and oxygen atoms in total. The molecule has 0 fully saturated rings. The topological polar surface area (TPSA) is 99.2 Å². The highest BCUT2D eigenvalue weighted by atomic mass is 35.5. The van der Waals surface area contributed by atoms with Crippen molar-refractivity contribution < 1.29 is 14.7 Å². The maximum atomic E-state index is 12.5. The minimum atomic E-state index is -1.07. The van der Waals surface area contributed by atoms with E-state index in [0.29, 0.717) is 10.7 Å². The monoisotopic (exact) mass is 306 g/mol. The highest BCUT2D eigenvalue weighted by molar-refractivity contribution is 6.30. The molecule has 0 aliphatic carbocycles. The van der Waals surface area contributed by atoms with E-state index in [1.165, 1.54) is 23.5 Å². The molecule has 108 valence electrons. The molecule has 2 N–H and O–H groups in total. The molecular formula is C13H11ClN4O3. The minimum Gasteiger partial charge on any atom is -0.480 e. The lowest BCUT2D eigenvalue weighted by atomic mass is 10.0. The summed E-state index contributed by atoms with van der Waals surface area (Å²) in [4.78, 5) is 36.1. The van der Waals surface area contributed by atoms with Crippen molar-refractivity contribution in [1.82, 2.24) is 19.9 Å². The van der Waals surface area contributed by atoms with Crippen molar-refractivity contribution in [1.29, 1.82) is 0 Å². The normalized spacial score (nSPS) is 17.4. The van der Waals surface area contributed by atoms with Gasteiger partial charge in [0.1, 0.15) is 11.7 Å². The van der Waals surface area contributed by atoms with Gasteiger partial charge in [-0.2, -0.15) is 0 Å². The Hall–Kier alpha value is -2.41. The molecule has 0 spiro atoms. The van der Waals surface area contributed by atoms with Crippen molar-refractivity contribution in [3.63, 3.8) is 0 Å². The number of aromatic nitrogens is 3. The van der Waals surface area contributed by atoms with Crippen molar-refractivity contribution >= 4 is 23.5 Å². The summed E-state index contributed by atoms with van der Waals surface area (Å²) in [5.41, 5.74) is 1.53.